The van der Waals surface area contributed by atoms with Crippen LogP contribution in [0.15, 0.2) is 89.7 Å². The molecule has 1 N–H and O–H groups in total. The third kappa shape index (κ3) is 3.75. The van der Waals surface area contributed by atoms with E-state index in [2.05, 4.69) is 4.98 Å². The summed E-state index contributed by atoms with van der Waals surface area (Å²) in [5.41, 5.74) is 2.94. The van der Waals surface area contributed by atoms with Crippen molar-refractivity contribution < 1.29 is 14.3 Å². The zero-order valence-electron chi connectivity index (χ0n) is 16.7. The number of nitrogens with one attached hydrogen (secondary N) is 1. The number of aromatic amines is 1. The molecule has 1 aromatic heterocycles. The standard InChI is InChI=1S/C25H20N2O4/c28-24-14-11-20-21-15-19(16-30-23(21)13-12-22(20)26-24)31-25(29)27(17-7-3-1-4-8-17)18-9-5-2-6-10-18/h1-14,19H,15-16H2,(H,26,28). The summed E-state index contributed by atoms with van der Waals surface area (Å²) in [5, 5.41) is 0.890. The molecular formula is C25H20N2O4. The Bertz CT molecular complexity index is 1250. The highest BCUT2D eigenvalue weighted by Gasteiger charge is 2.28. The topological polar surface area (TPSA) is 71.6 Å². The van der Waals surface area contributed by atoms with E-state index >= 15 is 0 Å². The van der Waals surface area contributed by atoms with Crippen LogP contribution in [-0.2, 0) is 11.2 Å². The van der Waals surface area contributed by atoms with E-state index in [0.717, 1.165) is 33.6 Å². The Hall–Kier alpha value is -4.06. The number of fused-ring (bicyclic) bond motifs is 3. The van der Waals surface area contributed by atoms with Crippen LogP contribution in [0.5, 0.6) is 5.75 Å². The van der Waals surface area contributed by atoms with E-state index in [0.29, 0.717) is 6.42 Å². The number of carbonyl (C=O) groups is 1. The van der Waals surface area contributed by atoms with Crippen molar-refractivity contribution in [1.29, 1.82) is 0 Å². The first-order valence-electron chi connectivity index (χ1n) is 10.1. The van der Waals surface area contributed by atoms with E-state index in [9.17, 15) is 9.59 Å². The van der Waals surface area contributed by atoms with E-state index in [1.165, 1.54) is 6.07 Å². The number of hydrogen-bond donors (Lipinski definition) is 1. The Balaban J connectivity index is 1.43. The highest BCUT2D eigenvalue weighted by Crippen LogP contribution is 2.33. The predicted octanol–water partition coefficient (Wildman–Crippen LogP) is 4.81. The van der Waals surface area contributed by atoms with Crippen molar-refractivity contribution in [2.45, 2.75) is 12.5 Å². The fourth-order valence-corrected chi connectivity index (χ4v) is 3.88. The molecule has 0 bridgehead atoms. The Kier molecular flexibility index (Phi) is 4.88. The quantitative estimate of drug-likeness (QED) is 0.524. The Morgan fingerprint density at radius 3 is 2.26 bits per heavy atom. The summed E-state index contributed by atoms with van der Waals surface area (Å²) in [6.07, 6.45) is -0.419. The summed E-state index contributed by atoms with van der Waals surface area (Å²) in [4.78, 5) is 29.3. The maximum absolute atomic E-state index is 13.2. The van der Waals surface area contributed by atoms with Crippen molar-refractivity contribution in [1.82, 2.24) is 4.98 Å². The van der Waals surface area contributed by atoms with Gasteiger partial charge in [0.2, 0.25) is 5.56 Å². The Labute approximate surface area is 178 Å². The third-order valence-corrected chi connectivity index (χ3v) is 5.31. The first-order valence-corrected chi connectivity index (χ1v) is 10.1. The van der Waals surface area contributed by atoms with Gasteiger partial charge in [0.25, 0.3) is 0 Å². The van der Waals surface area contributed by atoms with Gasteiger partial charge in [0.1, 0.15) is 18.5 Å². The lowest BCUT2D eigenvalue weighted by molar-refractivity contribution is 0.0620. The number of aromatic nitrogens is 1. The fraction of sp³-hybridized carbons (Fsp3) is 0.120. The Morgan fingerprint density at radius 2 is 1.58 bits per heavy atom. The molecule has 1 aliphatic heterocycles. The average molecular weight is 412 g/mol. The molecule has 1 atom stereocenters. The van der Waals surface area contributed by atoms with Crippen molar-refractivity contribution >= 4 is 28.4 Å². The van der Waals surface area contributed by atoms with Crippen LogP contribution in [0, 0.1) is 0 Å². The fourth-order valence-electron chi connectivity index (χ4n) is 3.88. The minimum Gasteiger partial charge on any atom is -0.489 e. The van der Waals surface area contributed by atoms with E-state index in [1.54, 1.807) is 11.0 Å². The van der Waals surface area contributed by atoms with E-state index in [-0.39, 0.29) is 12.2 Å². The molecule has 4 aromatic rings. The van der Waals surface area contributed by atoms with Gasteiger partial charge in [-0.05, 0) is 42.5 Å². The molecular weight excluding hydrogens is 392 g/mol. The second-order valence-corrected chi connectivity index (χ2v) is 7.35. The molecule has 0 radical (unpaired) electrons. The molecule has 0 fully saturated rings. The zero-order valence-corrected chi connectivity index (χ0v) is 16.7. The minimum atomic E-state index is -0.469. The lowest BCUT2D eigenvalue weighted by Gasteiger charge is -2.29. The van der Waals surface area contributed by atoms with Crippen LogP contribution in [0.2, 0.25) is 0 Å². The van der Waals surface area contributed by atoms with E-state index in [4.69, 9.17) is 9.47 Å². The predicted molar refractivity (Wildman–Crippen MR) is 119 cm³/mol. The number of nitrogens with zero attached hydrogens (tertiary/aromatic N) is 1. The Morgan fingerprint density at radius 1 is 0.903 bits per heavy atom. The first-order chi connectivity index (χ1) is 15.2. The van der Waals surface area contributed by atoms with Crippen molar-refractivity contribution in [2.24, 2.45) is 0 Å². The van der Waals surface area contributed by atoms with Crippen molar-refractivity contribution in [2.75, 3.05) is 11.5 Å². The molecule has 0 saturated heterocycles. The normalized spacial score (nSPS) is 15.0. The number of rotatable bonds is 3. The molecule has 0 spiro atoms. The SMILES string of the molecule is O=C(OC1COc2ccc3[nH]c(=O)ccc3c2C1)N(c1ccccc1)c1ccccc1. The first kappa shape index (κ1) is 18.9. The molecule has 5 rings (SSSR count). The van der Waals surface area contributed by atoms with Crippen LogP contribution in [0.3, 0.4) is 0 Å². The number of H-pyrrole nitrogens is 1. The van der Waals surface area contributed by atoms with Gasteiger partial charge in [-0.25, -0.2) is 9.69 Å². The summed E-state index contributed by atoms with van der Waals surface area (Å²) < 4.78 is 11.8. The van der Waals surface area contributed by atoms with Crippen molar-refractivity contribution in [3.63, 3.8) is 0 Å². The summed E-state index contributed by atoms with van der Waals surface area (Å²) >= 11 is 0. The van der Waals surface area contributed by atoms with Crippen LogP contribution in [0.1, 0.15) is 5.56 Å². The number of pyridine rings is 1. The van der Waals surface area contributed by atoms with Crippen LogP contribution in [0.25, 0.3) is 10.9 Å². The van der Waals surface area contributed by atoms with Gasteiger partial charge in [0, 0.05) is 29.0 Å². The van der Waals surface area contributed by atoms with Gasteiger partial charge in [-0.15, -0.1) is 0 Å². The molecule has 0 saturated carbocycles. The van der Waals surface area contributed by atoms with Crippen LogP contribution >= 0.6 is 0 Å². The summed E-state index contributed by atoms with van der Waals surface area (Å²) in [7, 11) is 0. The van der Waals surface area contributed by atoms with Gasteiger partial charge < -0.3 is 14.5 Å². The highest BCUT2D eigenvalue weighted by atomic mass is 16.6. The van der Waals surface area contributed by atoms with Crippen LogP contribution in [0.4, 0.5) is 16.2 Å². The smallest absolute Gasteiger partial charge is 0.419 e. The molecule has 1 unspecified atom stereocenters. The monoisotopic (exact) mass is 412 g/mol. The second kappa shape index (κ2) is 7.99. The highest BCUT2D eigenvalue weighted by molar-refractivity contribution is 5.96. The second-order valence-electron chi connectivity index (χ2n) is 7.35. The number of carbonyl (C=O) groups excluding carboxylic acids is 1. The third-order valence-electron chi connectivity index (χ3n) is 5.31. The maximum Gasteiger partial charge on any atom is 0.419 e. The number of anilines is 2. The molecule has 1 amide bonds. The van der Waals surface area contributed by atoms with Crippen molar-refractivity contribution in [3.8, 4) is 5.75 Å². The average Bonchev–Trinajstić information content (AvgIpc) is 2.80. The maximum atomic E-state index is 13.2. The summed E-state index contributed by atoms with van der Waals surface area (Å²) in [6, 6.07) is 25.7. The van der Waals surface area contributed by atoms with E-state index < -0.39 is 12.2 Å². The van der Waals surface area contributed by atoms with Crippen molar-refractivity contribution in [3.05, 3.63) is 101 Å². The zero-order chi connectivity index (χ0) is 21.2. The molecule has 0 aliphatic carbocycles. The van der Waals surface area contributed by atoms with Gasteiger partial charge >= 0.3 is 6.09 Å². The van der Waals surface area contributed by atoms with Crippen LogP contribution in [-0.4, -0.2) is 23.8 Å². The minimum absolute atomic E-state index is 0.159. The van der Waals surface area contributed by atoms with Gasteiger partial charge in [-0.3, -0.25) is 4.79 Å². The molecule has 1 aliphatic rings. The molecule has 154 valence electrons. The summed E-state index contributed by atoms with van der Waals surface area (Å²) in [6.45, 7) is 0.269. The van der Waals surface area contributed by atoms with E-state index in [1.807, 2.05) is 72.8 Å². The van der Waals surface area contributed by atoms with Gasteiger partial charge in [0.05, 0.1) is 11.4 Å². The number of amides is 1. The van der Waals surface area contributed by atoms with Crippen LogP contribution < -0.4 is 15.2 Å². The number of hydrogen-bond acceptors (Lipinski definition) is 4. The summed E-state index contributed by atoms with van der Waals surface area (Å²) in [5.74, 6) is 0.745. The molecule has 6 heteroatoms. The molecule has 3 aromatic carbocycles. The number of para-hydroxylation sites is 2. The molecule has 6 nitrogen and oxygen atoms in total. The van der Waals surface area contributed by atoms with Gasteiger partial charge in [-0.1, -0.05) is 36.4 Å². The molecule has 31 heavy (non-hydrogen) atoms. The largest absolute Gasteiger partial charge is 0.489 e. The number of benzene rings is 3. The number of ether oxygens (including phenoxy) is 2. The lowest BCUT2D eigenvalue weighted by atomic mass is 9.99. The molecule has 2 heterocycles. The lowest BCUT2D eigenvalue weighted by Crippen LogP contribution is -2.36. The van der Waals surface area contributed by atoms with Gasteiger partial charge in [0.15, 0.2) is 0 Å². The van der Waals surface area contributed by atoms with Gasteiger partial charge in [-0.2, -0.15) is 0 Å².